The summed E-state index contributed by atoms with van der Waals surface area (Å²) < 4.78 is 33.4. The van der Waals surface area contributed by atoms with E-state index in [0.717, 1.165) is 33.4 Å². The van der Waals surface area contributed by atoms with E-state index in [2.05, 4.69) is 6.07 Å². The molecule has 1 unspecified atom stereocenters. The molecule has 8 heteroatoms. The van der Waals surface area contributed by atoms with Crippen LogP contribution in [0, 0.1) is 5.92 Å². The molecule has 3 atom stereocenters. The predicted octanol–water partition coefficient (Wildman–Crippen LogP) is 5.52. The molecule has 8 nitrogen and oxygen atoms in total. The molecule has 0 spiro atoms. The van der Waals surface area contributed by atoms with E-state index in [4.69, 9.17) is 28.4 Å². The molecule has 1 aliphatic carbocycles. The zero-order valence-corrected chi connectivity index (χ0v) is 20.6. The summed E-state index contributed by atoms with van der Waals surface area (Å²) in [5.74, 6) is 1.53. The van der Waals surface area contributed by atoms with Gasteiger partial charge in [-0.05, 0) is 69.8 Å². The zero-order valence-electron chi connectivity index (χ0n) is 20.6. The summed E-state index contributed by atoms with van der Waals surface area (Å²) in [5.41, 5.74) is 5.58. The van der Waals surface area contributed by atoms with Crippen LogP contribution in [0.3, 0.4) is 0 Å². The highest BCUT2D eigenvalue weighted by Crippen LogP contribution is 2.55. The molecule has 8 rings (SSSR count). The Kier molecular flexibility index (Phi) is 4.73. The van der Waals surface area contributed by atoms with Gasteiger partial charge in [0.25, 0.3) is 0 Å². The van der Waals surface area contributed by atoms with Crippen molar-refractivity contribution in [3.8, 4) is 45.6 Å². The number of ether oxygens (including phenoxy) is 6. The second kappa shape index (κ2) is 8.33. The van der Waals surface area contributed by atoms with Gasteiger partial charge in [0.05, 0.1) is 5.92 Å². The van der Waals surface area contributed by atoms with E-state index >= 15 is 0 Å². The van der Waals surface area contributed by atoms with Gasteiger partial charge in [0.15, 0.2) is 34.5 Å². The predicted molar refractivity (Wildman–Crippen MR) is 138 cm³/mol. The van der Waals surface area contributed by atoms with Gasteiger partial charge >= 0.3 is 5.97 Å². The molecule has 4 aromatic rings. The number of aliphatic carboxylic acids is 1. The van der Waals surface area contributed by atoms with Crippen LogP contribution in [0.25, 0.3) is 11.1 Å². The van der Waals surface area contributed by atoms with Gasteiger partial charge in [0, 0.05) is 11.8 Å². The van der Waals surface area contributed by atoms with Crippen LogP contribution in [0.5, 0.6) is 34.5 Å². The SMILES string of the molecule is O=C(O)[C@@H]1C(c2ccc3c(c2)OCO3)c2cc(-c3ccc4c(c3)OCO4)ccc2[C@H]1c1ccc2c(c1)OCO2. The van der Waals surface area contributed by atoms with Crippen LogP contribution in [-0.4, -0.2) is 31.5 Å². The summed E-state index contributed by atoms with van der Waals surface area (Å²) in [5, 5.41) is 10.7. The number of rotatable bonds is 4. The van der Waals surface area contributed by atoms with E-state index in [1.807, 2.05) is 66.7 Å². The van der Waals surface area contributed by atoms with Crippen molar-refractivity contribution < 1.29 is 38.3 Å². The Bertz CT molecular complexity index is 1660. The molecule has 0 saturated carbocycles. The molecular formula is C31H22O8. The van der Waals surface area contributed by atoms with Crippen molar-refractivity contribution in [1.82, 2.24) is 0 Å². The molecule has 0 fully saturated rings. The summed E-state index contributed by atoms with van der Waals surface area (Å²) in [7, 11) is 0. The number of hydrogen-bond donors (Lipinski definition) is 1. The Morgan fingerprint density at radius 3 is 1.59 bits per heavy atom. The number of benzene rings is 4. The van der Waals surface area contributed by atoms with Crippen molar-refractivity contribution in [2.75, 3.05) is 20.4 Å². The standard InChI is InChI=1S/C31H22O8/c32-31(33)30-28(18-3-7-23-26(11-18)38-14-35-23)20-5-1-16(17-2-6-22-25(10-17)37-13-34-22)9-21(20)29(30)19-4-8-24-27(12-19)39-15-36-24/h1-12,28-30H,13-15H2,(H,32,33)/t28-,29?,30+/m1/s1. The molecule has 39 heavy (non-hydrogen) atoms. The van der Waals surface area contributed by atoms with Gasteiger partial charge in [0.1, 0.15) is 0 Å². The van der Waals surface area contributed by atoms with Gasteiger partial charge in [-0.25, -0.2) is 0 Å². The quantitative estimate of drug-likeness (QED) is 0.375. The van der Waals surface area contributed by atoms with Crippen molar-refractivity contribution in [1.29, 1.82) is 0 Å². The topological polar surface area (TPSA) is 92.7 Å². The maximum absolute atomic E-state index is 13.0. The summed E-state index contributed by atoms with van der Waals surface area (Å²) in [6.45, 7) is 0.504. The second-order valence-corrected chi connectivity index (χ2v) is 9.96. The number of hydrogen-bond acceptors (Lipinski definition) is 7. The normalized spacial score (nSPS) is 21.2. The minimum Gasteiger partial charge on any atom is -0.481 e. The Balaban J connectivity index is 1.31. The molecule has 194 valence electrons. The Morgan fingerprint density at radius 2 is 1.00 bits per heavy atom. The molecule has 4 aliphatic rings. The molecule has 0 bridgehead atoms. The first-order valence-corrected chi connectivity index (χ1v) is 12.7. The number of carboxylic acids is 1. The highest BCUT2D eigenvalue weighted by Gasteiger charge is 2.47. The summed E-state index contributed by atoms with van der Waals surface area (Å²) >= 11 is 0. The molecule has 0 aromatic heterocycles. The third-order valence-electron chi connectivity index (χ3n) is 7.98. The van der Waals surface area contributed by atoms with E-state index in [0.29, 0.717) is 34.5 Å². The fourth-order valence-electron chi connectivity index (χ4n) is 6.23. The summed E-state index contributed by atoms with van der Waals surface area (Å²) in [6, 6.07) is 23.4. The third kappa shape index (κ3) is 3.41. The molecular weight excluding hydrogens is 500 g/mol. The first-order valence-electron chi connectivity index (χ1n) is 12.7. The molecule has 1 N–H and O–H groups in total. The fourth-order valence-corrected chi connectivity index (χ4v) is 6.23. The fraction of sp³-hybridized carbons (Fsp3) is 0.194. The molecule has 3 aliphatic heterocycles. The lowest BCUT2D eigenvalue weighted by Crippen LogP contribution is -2.24. The lowest BCUT2D eigenvalue weighted by molar-refractivity contribution is -0.142. The van der Waals surface area contributed by atoms with Gasteiger partial charge in [-0.1, -0.05) is 36.4 Å². The van der Waals surface area contributed by atoms with E-state index in [-0.39, 0.29) is 20.4 Å². The van der Waals surface area contributed by atoms with Crippen LogP contribution in [0.1, 0.15) is 34.1 Å². The molecule has 0 radical (unpaired) electrons. The van der Waals surface area contributed by atoms with Crippen molar-refractivity contribution in [2.24, 2.45) is 5.92 Å². The van der Waals surface area contributed by atoms with Crippen LogP contribution in [0.2, 0.25) is 0 Å². The van der Waals surface area contributed by atoms with E-state index in [9.17, 15) is 9.90 Å². The van der Waals surface area contributed by atoms with Crippen molar-refractivity contribution >= 4 is 5.97 Å². The monoisotopic (exact) mass is 522 g/mol. The minimum absolute atomic E-state index is 0.149. The first-order chi connectivity index (χ1) is 19.1. The molecule has 0 amide bonds. The highest BCUT2D eigenvalue weighted by atomic mass is 16.7. The maximum atomic E-state index is 13.0. The van der Waals surface area contributed by atoms with Crippen LogP contribution >= 0.6 is 0 Å². The van der Waals surface area contributed by atoms with E-state index < -0.39 is 23.7 Å². The lowest BCUT2D eigenvalue weighted by atomic mass is 9.79. The van der Waals surface area contributed by atoms with Crippen LogP contribution in [0.4, 0.5) is 0 Å². The van der Waals surface area contributed by atoms with Gasteiger partial charge < -0.3 is 33.5 Å². The zero-order chi connectivity index (χ0) is 26.1. The van der Waals surface area contributed by atoms with Gasteiger partial charge in [-0.15, -0.1) is 0 Å². The maximum Gasteiger partial charge on any atom is 0.308 e. The Morgan fingerprint density at radius 1 is 0.538 bits per heavy atom. The summed E-state index contributed by atoms with van der Waals surface area (Å²) in [6.07, 6.45) is 0. The smallest absolute Gasteiger partial charge is 0.308 e. The first kappa shape index (κ1) is 22.2. The number of fused-ring (bicyclic) bond motifs is 4. The summed E-state index contributed by atoms with van der Waals surface area (Å²) in [4.78, 5) is 13.0. The Labute approximate surface area is 223 Å². The van der Waals surface area contributed by atoms with Gasteiger partial charge in [0.2, 0.25) is 20.4 Å². The second-order valence-electron chi connectivity index (χ2n) is 9.96. The van der Waals surface area contributed by atoms with E-state index in [1.165, 1.54) is 0 Å². The van der Waals surface area contributed by atoms with Crippen molar-refractivity contribution in [3.63, 3.8) is 0 Å². The lowest BCUT2D eigenvalue weighted by Gasteiger charge is -2.23. The number of carbonyl (C=O) groups is 1. The molecule has 0 saturated heterocycles. The van der Waals surface area contributed by atoms with Crippen molar-refractivity contribution in [3.05, 3.63) is 95.1 Å². The minimum atomic E-state index is -0.874. The van der Waals surface area contributed by atoms with Gasteiger partial charge in [-0.3, -0.25) is 4.79 Å². The average Bonchev–Trinajstić information content (AvgIpc) is 3.75. The largest absolute Gasteiger partial charge is 0.481 e. The number of carboxylic acid groups (broad SMARTS) is 1. The molecule has 3 heterocycles. The van der Waals surface area contributed by atoms with E-state index in [1.54, 1.807) is 0 Å². The van der Waals surface area contributed by atoms with Gasteiger partial charge in [-0.2, -0.15) is 0 Å². The average molecular weight is 523 g/mol. The van der Waals surface area contributed by atoms with Crippen molar-refractivity contribution in [2.45, 2.75) is 11.8 Å². The third-order valence-corrected chi connectivity index (χ3v) is 7.98. The van der Waals surface area contributed by atoms with Crippen LogP contribution in [-0.2, 0) is 4.79 Å². The molecule has 4 aromatic carbocycles. The van der Waals surface area contributed by atoms with Crippen LogP contribution in [0.15, 0.2) is 72.8 Å². The van der Waals surface area contributed by atoms with Crippen LogP contribution < -0.4 is 28.4 Å². The highest BCUT2D eigenvalue weighted by molar-refractivity contribution is 5.79. The Hall–Kier alpha value is -4.85.